The molecule has 1 heterocycles. The summed E-state index contributed by atoms with van der Waals surface area (Å²) in [6.45, 7) is 2.03. The Morgan fingerprint density at radius 3 is 2.50 bits per heavy atom. The molecule has 100 valence electrons. The van der Waals surface area contributed by atoms with Crippen molar-refractivity contribution in [2.24, 2.45) is 0 Å². The molecule has 1 saturated heterocycles. The lowest BCUT2D eigenvalue weighted by Gasteiger charge is -2.21. The Morgan fingerprint density at radius 1 is 1.35 bits per heavy atom. The average Bonchev–Trinajstić information content (AvgIpc) is 2.80. The maximum atomic E-state index is 11.8. The Labute approximate surface area is 117 Å². The van der Waals surface area contributed by atoms with Gasteiger partial charge < -0.3 is 10.2 Å². The number of nitrogens with one attached hydrogen (secondary N) is 1. The Bertz CT molecular complexity index is 603. The van der Waals surface area contributed by atoms with Crippen LogP contribution in [0.15, 0.2) is 36.0 Å². The Hall–Kier alpha value is -2.79. The molecule has 0 radical (unpaired) electrons. The van der Waals surface area contributed by atoms with Gasteiger partial charge in [0.05, 0.1) is 0 Å². The molecular formula is C15H14N4O. The largest absolute Gasteiger partial charge is 0.360 e. The van der Waals surface area contributed by atoms with E-state index in [-0.39, 0.29) is 17.5 Å². The third-order valence-electron chi connectivity index (χ3n) is 3.25. The van der Waals surface area contributed by atoms with Gasteiger partial charge in [-0.1, -0.05) is 0 Å². The van der Waals surface area contributed by atoms with Crippen LogP contribution in [0.4, 0.5) is 11.4 Å². The van der Waals surface area contributed by atoms with Gasteiger partial charge in [-0.05, 0) is 37.6 Å². The minimum Gasteiger partial charge on any atom is -0.360 e. The van der Waals surface area contributed by atoms with E-state index in [2.05, 4.69) is 5.32 Å². The summed E-state index contributed by atoms with van der Waals surface area (Å²) in [5, 5.41) is 20.1. The summed E-state index contributed by atoms with van der Waals surface area (Å²) in [7, 11) is 0. The molecule has 0 bridgehead atoms. The fourth-order valence-corrected chi connectivity index (χ4v) is 2.19. The maximum absolute atomic E-state index is 11.8. The smallest absolute Gasteiger partial charge is 0.227 e. The predicted octanol–water partition coefficient (Wildman–Crippen LogP) is 2.54. The van der Waals surface area contributed by atoms with Gasteiger partial charge in [-0.2, -0.15) is 10.5 Å². The van der Waals surface area contributed by atoms with Crippen LogP contribution in [0.25, 0.3) is 0 Å². The monoisotopic (exact) mass is 266 g/mol. The average molecular weight is 266 g/mol. The molecule has 2 rings (SSSR count). The molecule has 0 saturated carbocycles. The van der Waals surface area contributed by atoms with Crippen LogP contribution in [-0.4, -0.2) is 11.9 Å². The first kappa shape index (κ1) is 13.6. The highest BCUT2D eigenvalue weighted by atomic mass is 16.2. The molecule has 1 N–H and O–H groups in total. The van der Waals surface area contributed by atoms with Crippen molar-refractivity contribution in [2.75, 3.05) is 10.2 Å². The van der Waals surface area contributed by atoms with Crippen molar-refractivity contribution in [1.82, 2.24) is 0 Å². The zero-order chi connectivity index (χ0) is 14.5. The highest BCUT2D eigenvalue weighted by molar-refractivity contribution is 5.96. The van der Waals surface area contributed by atoms with E-state index in [4.69, 9.17) is 10.5 Å². The molecule has 1 aromatic rings. The van der Waals surface area contributed by atoms with Gasteiger partial charge >= 0.3 is 0 Å². The van der Waals surface area contributed by atoms with Crippen molar-refractivity contribution in [3.8, 4) is 12.1 Å². The minimum absolute atomic E-state index is 0.0115. The van der Waals surface area contributed by atoms with Crippen molar-refractivity contribution < 1.29 is 4.79 Å². The molecule has 1 aromatic carbocycles. The van der Waals surface area contributed by atoms with Crippen LogP contribution >= 0.6 is 0 Å². The highest BCUT2D eigenvalue weighted by Gasteiger charge is 2.28. The van der Waals surface area contributed by atoms with E-state index in [0.717, 1.165) is 17.8 Å². The molecule has 20 heavy (non-hydrogen) atoms. The molecule has 0 spiro atoms. The van der Waals surface area contributed by atoms with Crippen LogP contribution < -0.4 is 10.2 Å². The van der Waals surface area contributed by atoms with Crippen molar-refractivity contribution in [2.45, 2.75) is 25.8 Å². The molecule has 1 amide bonds. The number of hydrogen-bond donors (Lipinski definition) is 1. The lowest BCUT2D eigenvalue weighted by atomic mass is 10.2. The minimum atomic E-state index is 0.0115. The number of carbonyl (C=O) groups excluding carboxylic acids is 1. The Balaban J connectivity index is 2.12. The zero-order valence-corrected chi connectivity index (χ0v) is 11.1. The first-order chi connectivity index (χ1) is 9.65. The van der Waals surface area contributed by atoms with Crippen molar-refractivity contribution in [1.29, 1.82) is 10.5 Å². The highest BCUT2D eigenvalue weighted by Crippen LogP contribution is 2.27. The van der Waals surface area contributed by atoms with E-state index in [1.54, 1.807) is 17.0 Å². The lowest BCUT2D eigenvalue weighted by molar-refractivity contribution is -0.117. The molecule has 1 atom stereocenters. The molecule has 0 aromatic heterocycles. The fraction of sp³-hybridized carbons (Fsp3) is 0.267. The number of benzene rings is 1. The molecule has 1 unspecified atom stereocenters. The van der Waals surface area contributed by atoms with Crippen molar-refractivity contribution in [3.63, 3.8) is 0 Å². The van der Waals surface area contributed by atoms with Gasteiger partial charge in [0.25, 0.3) is 0 Å². The van der Waals surface area contributed by atoms with Crippen molar-refractivity contribution in [3.05, 3.63) is 36.0 Å². The fourth-order valence-electron chi connectivity index (χ4n) is 2.19. The summed E-state index contributed by atoms with van der Waals surface area (Å²) in [5.41, 5.74) is 1.64. The number of allylic oxidation sites excluding steroid dienone is 1. The maximum Gasteiger partial charge on any atom is 0.227 e. The Kier molecular flexibility index (Phi) is 4.02. The van der Waals surface area contributed by atoms with E-state index in [9.17, 15) is 4.79 Å². The van der Waals surface area contributed by atoms with Gasteiger partial charge in [-0.25, -0.2) is 0 Å². The third-order valence-corrected chi connectivity index (χ3v) is 3.25. The normalized spacial score (nSPS) is 17.2. The van der Waals surface area contributed by atoms with Crippen LogP contribution in [0, 0.1) is 22.7 Å². The van der Waals surface area contributed by atoms with Gasteiger partial charge in [-0.15, -0.1) is 0 Å². The SMILES string of the molecule is CC1CCC(=O)N1c1ccc(NC=C(C#N)C#N)cc1. The van der Waals surface area contributed by atoms with E-state index < -0.39 is 0 Å². The second-order valence-electron chi connectivity index (χ2n) is 4.62. The van der Waals surface area contributed by atoms with Crippen molar-refractivity contribution >= 4 is 17.3 Å². The number of hydrogen-bond acceptors (Lipinski definition) is 4. The van der Waals surface area contributed by atoms with Crippen LogP contribution in [0.3, 0.4) is 0 Å². The molecule has 0 aliphatic carbocycles. The number of nitriles is 2. The molecule has 1 aliphatic rings. The number of amides is 1. The number of nitrogens with zero attached hydrogens (tertiary/aromatic N) is 3. The summed E-state index contributed by atoms with van der Waals surface area (Å²) in [6, 6.07) is 11.1. The predicted molar refractivity (Wildman–Crippen MR) is 75.6 cm³/mol. The van der Waals surface area contributed by atoms with Gasteiger partial charge in [-0.3, -0.25) is 4.79 Å². The number of carbonyl (C=O) groups is 1. The molecule has 1 fully saturated rings. The van der Waals surface area contributed by atoms with Gasteiger partial charge in [0, 0.05) is 30.0 Å². The van der Waals surface area contributed by atoms with Gasteiger partial charge in [0.2, 0.25) is 5.91 Å². The molecule has 1 aliphatic heterocycles. The van der Waals surface area contributed by atoms with E-state index in [0.29, 0.717) is 6.42 Å². The number of anilines is 2. The second-order valence-corrected chi connectivity index (χ2v) is 4.62. The standard InChI is InChI=1S/C15H14N4O/c1-11-2-7-15(20)19(11)14-5-3-13(4-6-14)18-10-12(8-16)9-17/h3-6,10-11,18H,2,7H2,1H3. The quantitative estimate of drug-likeness (QED) is 0.852. The van der Waals surface area contributed by atoms with Crippen LogP contribution in [0.2, 0.25) is 0 Å². The zero-order valence-electron chi connectivity index (χ0n) is 11.1. The summed E-state index contributed by atoms with van der Waals surface area (Å²) in [5.74, 6) is 0.148. The first-order valence-electron chi connectivity index (χ1n) is 6.34. The van der Waals surface area contributed by atoms with Gasteiger partial charge in [0.1, 0.15) is 17.7 Å². The number of rotatable bonds is 3. The van der Waals surface area contributed by atoms with Gasteiger partial charge in [0.15, 0.2) is 0 Å². The van der Waals surface area contributed by atoms with Crippen LogP contribution in [0.1, 0.15) is 19.8 Å². The van der Waals surface area contributed by atoms with Crippen LogP contribution in [0.5, 0.6) is 0 Å². The second kappa shape index (κ2) is 5.90. The Morgan fingerprint density at radius 2 is 2.00 bits per heavy atom. The summed E-state index contributed by atoms with van der Waals surface area (Å²) >= 11 is 0. The topological polar surface area (TPSA) is 79.9 Å². The summed E-state index contributed by atoms with van der Waals surface area (Å²) < 4.78 is 0. The molecular weight excluding hydrogens is 252 g/mol. The molecule has 5 heteroatoms. The summed E-state index contributed by atoms with van der Waals surface area (Å²) in [6.07, 6.45) is 2.84. The van der Waals surface area contributed by atoms with E-state index >= 15 is 0 Å². The lowest BCUT2D eigenvalue weighted by Crippen LogP contribution is -2.30. The third kappa shape index (κ3) is 2.78. The first-order valence-corrected chi connectivity index (χ1v) is 6.34. The molecule has 5 nitrogen and oxygen atoms in total. The van der Waals surface area contributed by atoms with E-state index in [1.807, 2.05) is 31.2 Å². The van der Waals surface area contributed by atoms with E-state index in [1.165, 1.54) is 6.20 Å². The van der Waals surface area contributed by atoms with Crippen LogP contribution in [-0.2, 0) is 4.79 Å². The summed E-state index contributed by atoms with van der Waals surface area (Å²) in [4.78, 5) is 13.6.